The van der Waals surface area contributed by atoms with Gasteiger partial charge < -0.3 is 20.1 Å². The number of aryl methyl sites for hydroxylation is 2. The lowest BCUT2D eigenvalue weighted by molar-refractivity contribution is -0.142. The van der Waals surface area contributed by atoms with Crippen molar-refractivity contribution in [3.8, 4) is 11.3 Å². The first-order valence-electron chi connectivity index (χ1n) is 11.1. The number of methoxy groups -OCH3 is 1. The van der Waals surface area contributed by atoms with Crippen molar-refractivity contribution >= 4 is 29.6 Å². The number of amides is 2. The molecule has 3 aromatic rings. The van der Waals surface area contributed by atoms with Crippen LogP contribution in [0.25, 0.3) is 11.3 Å². The van der Waals surface area contributed by atoms with Gasteiger partial charge in [0.15, 0.2) is 0 Å². The fraction of sp³-hybridized carbons (Fsp3) is 0.280. The van der Waals surface area contributed by atoms with Crippen molar-refractivity contribution in [3.63, 3.8) is 0 Å². The summed E-state index contributed by atoms with van der Waals surface area (Å²) in [5.74, 6) is -2.11. The Bertz CT molecular complexity index is 1250. The van der Waals surface area contributed by atoms with E-state index < -0.39 is 29.8 Å². The molecule has 0 radical (unpaired) electrons. The number of nitrogens with zero attached hydrogens (tertiary/aromatic N) is 2. The molecule has 0 unspecified atom stereocenters. The summed E-state index contributed by atoms with van der Waals surface area (Å²) in [6, 6.07) is 11.5. The highest BCUT2D eigenvalue weighted by molar-refractivity contribution is 6.33. The van der Waals surface area contributed by atoms with Gasteiger partial charge in [-0.2, -0.15) is 5.10 Å². The lowest BCUT2D eigenvalue weighted by Gasteiger charge is -2.17. The Morgan fingerprint density at radius 2 is 1.89 bits per heavy atom. The highest BCUT2D eigenvalue weighted by Crippen LogP contribution is 2.31. The molecule has 1 atom stereocenters. The minimum absolute atomic E-state index is 0.00200. The van der Waals surface area contributed by atoms with Crippen molar-refractivity contribution in [1.29, 1.82) is 0 Å². The number of aromatic nitrogens is 2. The summed E-state index contributed by atoms with van der Waals surface area (Å²) >= 11 is 6.37. The van der Waals surface area contributed by atoms with E-state index in [0.717, 1.165) is 18.7 Å². The SMILES string of the molecule is CCn1nc(C)c(Cl)c1-c1cc(F)cc(C(=O)NC[C@@H](NC(=O)OCc2ccccc2)C(=O)OC)c1. The summed E-state index contributed by atoms with van der Waals surface area (Å²) < 4.78 is 25.9. The van der Waals surface area contributed by atoms with E-state index in [2.05, 4.69) is 15.7 Å². The van der Waals surface area contributed by atoms with E-state index in [1.807, 2.05) is 13.0 Å². The van der Waals surface area contributed by atoms with Gasteiger partial charge in [-0.3, -0.25) is 9.48 Å². The largest absolute Gasteiger partial charge is 0.467 e. The van der Waals surface area contributed by atoms with Gasteiger partial charge in [-0.05, 0) is 37.6 Å². The van der Waals surface area contributed by atoms with Crippen LogP contribution in [0.4, 0.5) is 9.18 Å². The first kappa shape index (κ1) is 26.7. The van der Waals surface area contributed by atoms with E-state index in [0.29, 0.717) is 28.5 Å². The van der Waals surface area contributed by atoms with Crippen molar-refractivity contribution in [2.45, 2.75) is 33.0 Å². The molecule has 9 nitrogen and oxygen atoms in total. The zero-order valence-corrected chi connectivity index (χ0v) is 20.8. The van der Waals surface area contributed by atoms with Gasteiger partial charge in [-0.1, -0.05) is 41.9 Å². The summed E-state index contributed by atoms with van der Waals surface area (Å²) in [6.45, 7) is 3.77. The topological polar surface area (TPSA) is 112 Å². The van der Waals surface area contributed by atoms with Crippen LogP contribution in [0, 0.1) is 12.7 Å². The Hall–Kier alpha value is -3.92. The number of hydrogen-bond acceptors (Lipinski definition) is 6. The predicted molar refractivity (Wildman–Crippen MR) is 131 cm³/mol. The molecule has 0 aliphatic rings. The van der Waals surface area contributed by atoms with Gasteiger partial charge >= 0.3 is 12.1 Å². The Labute approximate surface area is 212 Å². The molecule has 0 fully saturated rings. The number of nitrogens with one attached hydrogen (secondary N) is 2. The average Bonchev–Trinajstić information content (AvgIpc) is 3.17. The number of alkyl carbamates (subject to hydrolysis) is 1. The number of carbonyl (C=O) groups is 3. The third-order valence-electron chi connectivity index (χ3n) is 5.24. The molecule has 190 valence electrons. The van der Waals surface area contributed by atoms with Crippen LogP contribution in [-0.2, 0) is 27.4 Å². The van der Waals surface area contributed by atoms with Gasteiger partial charge in [0.25, 0.3) is 5.91 Å². The van der Waals surface area contributed by atoms with Gasteiger partial charge in [0.05, 0.1) is 23.5 Å². The quantitative estimate of drug-likeness (QED) is 0.418. The van der Waals surface area contributed by atoms with Crippen LogP contribution in [0.5, 0.6) is 0 Å². The molecular formula is C25H26ClFN4O5. The van der Waals surface area contributed by atoms with E-state index in [-0.39, 0.29) is 18.7 Å². The smallest absolute Gasteiger partial charge is 0.408 e. The zero-order chi connectivity index (χ0) is 26.2. The molecule has 2 aromatic carbocycles. The Kier molecular flexibility index (Phi) is 9.02. The number of rotatable bonds is 9. The van der Waals surface area contributed by atoms with Crippen molar-refractivity contribution in [3.05, 3.63) is 76.2 Å². The summed E-state index contributed by atoms with van der Waals surface area (Å²) in [4.78, 5) is 37.1. The predicted octanol–water partition coefficient (Wildman–Crippen LogP) is 3.87. The van der Waals surface area contributed by atoms with Gasteiger partial charge in [0.1, 0.15) is 18.5 Å². The van der Waals surface area contributed by atoms with Gasteiger partial charge in [0, 0.05) is 24.2 Å². The third-order valence-corrected chi connectivity index (χ3v) is 5.70. The van der Waals surface area contributed by atoms with Crippen LogP contribution in [-0.4, -0.2) is 47.4 Å². The molecule has 2 amide bonds. The minimum Gasteiger partial charge on any atom is -0.467 e. The molecule has 1 aromatic heterocycles. The second-order valence-electron chi connectivity index (χ2n) is 7.78. The Morgan fingerprint density at radius 3 is 2.56 bits per heavy atom. The molecule has 0 aliphatic carbocycles. The average molecular weight is 517 g/mol. The molecule has 0 spiro atoms. The number of ether oxygens (including phenoxy) is 2. The van der Waals surface area contributed by atoms with E-state index in [1.165, 1.54) is 12.1 Å². The summed E-state index contributed by atoms with van der Waals surface area (Å²) in [7, 11) is 1.15. The summed E-state index contributed by atoms with van der Waals surface area (Å²) in [5, 5.41) is 9.56. The molecule has 11 heteroatoms. The molecule has 36 heavy (non-hydrogen) atoms. The van der Waals surface area contributed by atoms with Crippen molar-refractivity contribution in [1.82, 2.24) is 20.4 Å². The van der Waals surface area contributed by atoms with Gasteiger partial charge in [-0.25, -0.2) is 14.0 Å². The second-order valence-corrected chi connectivity index (χ2v) is 8.16. The van der Waals surface area contributed by atoms with Crippen LogP contribution >= 0.6 is 11.6 Å². The lowest BCUT2D eigenvalue weighted by Crippen LogP contribution is -2.49. The van der Waals surface area contributed by atoms with Crippen molar-refractivity contribution in [2.75, 3.05) is 13.7 Å². The molecule has 0 saturated carbocycles. The maximum absolute atomic E-state index is 14.4. The highest BCUT2D eigenvalue weighted by Gasteiger charge is 2.24. The molecule has 0 bridgehead atoms. The van der Waals surface area contributed by atoms with Crippen molar-refractivity contribution < 1.29 is 28.2 Å². The lowest BCUT2D eigenvalue weighted by atomic mass is 10.1. The standard InChI is InChI=1S/C25H26ClFN4O5/c1-4-31-22(21(26)15(2)30-31)17-10-18(12-19(27)11-17)23(32)28-13-20(24(33)35-3)29-25(34)36-14-16-8-6-5-7-9-16/h5-12,20H,4,13-14H2,1-3H3,(H,28,32)(H,29,34)/t20-/m1/s1. The minimum atomic E-state index is -1.23. The maximum atomic E-state index is 14.4. The number of benzene rings is 2. The highest BCUT2D eigenvalue weighted by atomic mass is 35.5. The number of carbonyl (C=O) groups excluding carboxylic acids is 3. The number of hydrogen-bond donors (Lipinski definition) is 2. The van der Waals surface area contributed by atoms with Crippen LogP contribution < -0.4 is 10.6 Å². The van der Waals surface area contributed by atoms with Crippen molar-refractivity contribution in [2.24, 2.45) is 0 Å². The first-order chi connectivity index (χ1) is 17.2. The van der Waals surface area contributed by atoms with E-state index in [1.54, 1.807) is 35.9 Å². The molecule has 2 N–H and O–H groups in total. The molecule has 1 heterocycles. The molecular weight excluding hydrogens is 491 g/mol. The second kappa shape index (κ2) is 12.2. The van der Waals surface area contributed by atoms with Gasteiger partial charge in [-0.15, -0.1) is 0 Å². The Balaban J connectivity index is 1.69. The number of halogens is 2. The fourth-order valence-electron chi connectivity index (χ4n) is 3.46. The normalized spacial score (nSPS) is 11.5. The molecule has 0 saturated heterocycles. The van der Waals surface area contributed by atoms with Crippen LogP contribution in [0.15, 0.2) is 48.5 Å². The van der Waals surface area contributed by atoms with E-state index in [4.69, 9.17) is 21.1 Å². The van der Waals surface area contributed by atoms with Crippen LogP contribution in [0.1, 0.15) is 28.5 Å². The van der Waals surface area contributed by atoms with Crippen LogP contribution in [0.3, 0.4) is 0 Å². The molecule has 3 rings (SSSR count). The monoisotopic (exact) mass is 516 g/mol. The summed E-state index contributed by atoms with van der Waals surface area (Å²) in [5.41, 5.74) is 2.20. The molecule has 0 aliphatic heterocycles. The first-order valence-corrected chi connectivity index (χ1v) is 11.5. The third kappa shape index (κ3) is 6.60. The van der Waals surface area contributed by atoms with Gasteiger partial charge in [0.2, 0.25) is 0 Å². The van der Waals surface area contributed by atoms with Crippen LogP contribution in [0.2, 0.25) is 5.02 Å². The maximum Gasteiger partial charge on any atom is 0.408 e. The fourth-order valence-corrected chi connectivity index (χ4v) is 3.71. The van der Waals surface area contributed by atoms with E-state index >= 15 is 0 Å². The Morgan fingerprint density at radius 1 is 1.17 bits per heavy atom. The van der Waals surface area contributed by atoms with E-state index in [9.17, 15) is 18.8 Å². The zero-order valence-electron chi connectivity index (χ0n) is 20.0. The number of esters is 1. The summed E-state index contributed by atoms with van der Waals surface area (Å²) in [6.07, 6.45) is -0.866.